The monoisotopic (exact) mass is 704 g/mol. The minimum absolute atomic E-state index is 0.126. The maximum atomic E-state index is 13.7. The number of fused-ring (bicyclic) bond motifs is 1. The van der Waals surface area contributed by atoms with E-state index < -0.39 is 44.3 Å². The average molecular weight is 705 g/mol. The Morgan fingerprint density at radius 3 is 2.14 bits per heavy atom. The lowest BCUT2D eigenvalue weighted by Gasteiger charge is -2.37. The zero-order chi connectivity index (χ0) is 34.9. The van der Waals surface area contributed by atoms with Gasteiger partial charge in [0.2, 0.25) is 5.95 Å². The fourth-order valence-corrected chi connectivity index (χ4v) is 8.23. The number of nitrogens with zero attached hydrogens (tertiary/aromatic N) is 2. The van der Waals surface area contributed by atoms with E-state index in [2.05, 4.69) is 17.2 Å². The molecule has 1 fully saturated rings. The number of thiazole rings is 1. The van der Waals surface area contributed by atoms with Gasteiger partial charge < -0.3 is 14.8 Å². The summed E-state index contributed by atoms with van der Waals surface area (Å²) in [5.74, 6) is 0.439. The molecular formula is C36H40N4O7S2. The molecule has 6 rings (SSSR count). The fourth-order valence-electron chi connectivity index (χ4n) is 6.70. The highest BCUT2D eigenvalue weighted by molar-refractivity contribution is 7.86. The molecule has 5 aromatic rings. The number of benzene rings is 3. The lowest BCUT2D eigenvalue weighted by Crippen LogP contribution is -2.39. The van der Waals surface area contributed by atoms with Crippen molar-refractivity contribution in [3.8, 4) is 5.75 Å². The number of rotatable bonds is 12. The molecule has 1 aliphatic rings. The minimum atomic E-state index is -3.80. The average Bonchev–Trinajstić information content (AvgIpc) is 3.68. The molecule has 11 nitrogen and oxygen atoms in total. The van der Waals surface area contributed by atoms with Crippen LogP contribution in [0.25, 0.3) is 10.3 Å². The smallest absolute Gasteiger partial charge is 0.311 e. The van der Waals surface area contributed by atoms with E-state index in [0.29, 0.717) is 12.2 Å². The number of anilines is 1. The number of nitrogens with one attached hydrogen (secondary N) is 2. The summed E-state index contributed by atoms with van der Waals surface area (Å²) in [6, 6.07) is 27.3. The molecule has 0 amide bonds. The van der Waals surface area contributed by atoms with Crippen molar-refractivity contribution in [1.82, 2.24) is 14.5 Å². The summed E-state index contributed by atoms with van der Waals surface area (Å²) in [5, 5.41) is 3.58. The highest BCUT2D eigenvalue weighted by Crippen LogP contribution is 2.43. The first-order valence-corrected chi connectivity index (χ1v) is 18.8. The van der Waals surface area contributed by atoms with Gasteiger partial charge in [-0.2, -0.15) is 13.4 Å². The first-order chi connectivity index (χ1) is 23.4. The van der Waals surface area contributed by atoms with Crippen molar-refractivity contribution in [3.05, 3.63) is 122 Å². The molecule has 1 aliphatic heterocycles. The van der Waals surface area contributed by atoms with Crippen LogP contribution in [0.5, 0.6) is 5.75 Å². The molecule has 3 heterocycles. The molecule has 2 aromatic heterocycles. The van der Waals surface area contributed by atoms with E-state index in [1.54, 1.807) is 14.0 Å². The van der Waals surface area contributed by atoms with Gasteiger partial charge in [0.05, 0.1) is 25.6 Å². The molecule has 49 heavy (non-hydrogen) atoms. The minimum Gasteiger partial charge on any atom is -0.497 e. The van der Waals surface area contributed by atoms with E-state index in [1.165, 1.54) is 4.57 Å². The molecule has 0 saturated carbocycles. The molecule has 1 saturated heterocycles. The summed E-state index contributed by atoms with van der Waals surface area (Å²) >= 11 is 0.775. The Kier molecular flexibility index (Phi) is 9.81. The number of aromatic amines is 1. The van der Waals surface area contributed by atoms with Gasteiger partial charge in [-0.3, -0.25) is 23.3 Å². The maximum Gasteiger partial charge on any atom is 0.311 e. The van der Waals surface area contributed by atoms with E-state index in [1.807, 2.05) is 91.9 Å². The maximum absolute atomic E-state index is 13.7. The summed E-state index contributed by atoms with van der Waals surface area (Å²) in [6.07, 6.45) is 0.328. The first-order valence-electron chi connectivity index (χ1n) is 16.2. The molecular weight excluding hydrogens is 665 g/mol. The third kappa shape index (κ3) is 6.80. The van der Waals surface area contributed by atoms with Gasteiger partial charge in [-0.1, -0.05) is 104 Å². The number of H-pyrrole nitrogens is 1. The van der Waals surface area contributed by atoms with Gasteiger partial charge in [0, 0.05) is 5.92 Å². The molecule has 3 aromatic carbocycles. The van der Waals surface area contributed by atoms with Gasteiger partial charge in [-0.05, 0) is 48.1 Å². The van der Waals surface area contributed by atoms with Crippen LogP contribution in [-0.2, 0) is 24.6 Å². The van der Waals surface area contributed by atoms with E-state index >= 15 is 0 Å². The Hall–Kier alpha value is -4.30. The summed E-state index contributed by atoms with van der Waals surface area (Å²) in [6.45, 7) is 5.76. The molecule has 0 bridgehead atoms. The standard InChI is InChI=1S/C36H40N4O7S2/c1-6-22(2)29-21-28(23(3)47-49(5,43)44)33(46-29)40-31-30(48-35(40)42)32(41)38-34(37-31)39-36(24-13-9-7-10-14-24,25-15-11-8-12-16-25)26-17-19-27(45-4)20-18-26/h7-20,22-23,28-29,33H,6,21H2,1-5H3,(H2,37,38,39,41)/t22-,23-,28-,29-,33+/m0/s1. The van der Waals surface area contributed by atoms with Gasteiger partial charge in [-0.25, -0.2) is 0 Å². The molecule has 0 radical (unpaired) electrons. The Labute approximate surface area is 289 Å². The molecule has 13 heteroatoms. The van der Waals surface area contributed by atoms with Crippen molar-refractivity contribution in [2.45, 2.75) is 57.6 Å². The Bertz CT molecular complexity index is 2090. The van der Waals surface area contributed by atoms with Crippen LogP contribution in [0.15, 0.2) is 94.5 Å². The molecule has 2 N–H and O–H groups in total. The first kappa shape index (κ1) is 34.6. The number of methoxy groups -OCH3 is 1. The Morgan fingerprint density at radius 2 is 1.59 bits per heavy atom. The van der Waals surface area contributed by atoms with Crippen LogP contribution in [0.1, 0.15) is 56.5 Å². The third-order valence-corrected chi connectivity index (χ3v) is 11.0. The topological polar surface area (TPSA) is 142 Å². The molecule has 0 spiro atoms. The summed E-state index contributed by atoms with van der Waals surface area (Å²) in [5.41, 5.74) is 1.19. The second-order valence-corrected chi connectivity index (χ2v) is 15.1. The highest BCUT2D eigenvalue weighted by Gasteiger charge is 2.44. The molecule has 0 aliphatic carbocycles. The number of ether oxygens (including phenoxy) is 2. The fraction of sp³-hybridized carbons (Fsp3) is 0.361. The largest absolute Gasteiger partial charge is 0.497 e. The highest BCUT2D eigenvalue weighted by atomic mass is 32.2. The summed E-state index contributed by atoms with van der Waals surface area (Å²) < 4.78 is 43.2. The van der Waals surface area contributed by atoms with Crippen molar-refractivity contribution >= 4 is 37.8 Å². The van der Waals surface area contributed by atoms with Crippen LogP contribution >= 0.6 is 11.3 Å². The second kappa shape index (κ2) is 13.9. The number of hydrogen-bond acceptors (Lipinski definition) is 10. The van der Waals surface area contributed by atoms with Crippen LogP contribution in [0, 0.1) is 11.8 Å². The van der Waals surface area contributed by atoms with Crippen molar-refractivity contribution in [1.29, 1.82) is 0 Å². The predicted octanol–water partition coefficient (Wildman–Crippen LogP) is 5.87. The van der Waals surface area contributed by atoms with Crippen molar-refractivity contribution in [2.75, 3.05) is 18.7 Å². The van der Waals surface area contributed by atoms with Crippen LogP contribution < -0.4 is 20.5 Å². The quantitative estimate of drug-likeness (QED) is 0.120. The van der Waals surface area contributed by atoms with Crippen molar-refractivity contribution in [2.24, 2.45) is 11.8 Å². The van der Waals surface area contributed by atoms with Crippen LogP contribution in [0.2, 0.25) is 0 Å². The Morgan fingerprint density at radius 1 is 1.00 bits per heavy atom. The normalized spacial score (nSPS) is 19.5. The Balaban J connectivity index is 1.54. The summed E-state index contributed by atoms with van der Waals surface area (Å²) in [4.78, 5) is 34.8. The van der Waals surface area contributed by atoms with Gasteiger partial charge in [-0.15, -0.1) is 0 Å². The lowest BCUT2D eigenvalue weighted by atomic mass is 9.77. The van der Waals surface area contributed by atoms with Gasteiger partial charge in [0.25, 0.3) is 15.7 Å². The van der Waals surface area contributed by atoms with Gasteiger partial charge in [0.1, 0.15) is 22.2 Å². The van der Waals surface area contributed by atoms with Crippen LogP contribution in [-0.4, -0.2) is 48.5 Å². The van der Waals surface area contributed by atoms with E-state index in [-0.39, 0.29) is 28.3 Å². The lowest BCUT2D eigenvalue weighted by molar-refractivity contribution is -0.0442. The summed E-state index contributed by atoms with van der Waals surface area (Å²) in [7, 11) is -2.19. The zero-order valence-corrected chi connectivity index (χ0v) is 29.6. The third-order valence-electron chi connectivity index (χ3n) is 9.36. The van der Waals surface area contributed by atoms with Crippen LogP contribution in [0.4, 0.5) is 5.95 Å². The van der Waals surface area contributed by atoms with Crippen molar-refractivity contribution in [3.63, 3.8) is 0 Å². The number of hydrogen-bond donors (Lipinski definition) is 2. The SMILES string of the molecule is CC[C@H](C)[C@@H]1C[C@@H]([C@H](C)OS(C)(=O)=O)[C@H](n2c(=O)sc3c(=O)[nH]c(NC(c4ccccc4)(c4ccccc4)c4ccc(OC)cc4)nc32)O1. The second-order valence-electron chi connectivity index (χ2n) is 12.5. The molecule has 0 unspecified atom stereocenters. The zero-order valence-electron chi connectivity index (χ0n) is 28.0. The predicted molar refractivity (Wildman–Crippen MR) is 191 cm³/mol. The number of aromatic nitrogens is 3. The van der Waals surface area contributed by atoms with E-state index in [4.69, 9.17) is 18.6 Å². The van der Waals surface area contributed by atoms with Crippen molar-refractivity contribution < 1.29 is 22.1 Å². The van der Waals surface area contributed by atoms with E-state index in [9.17, 15) is 18.0 Å². The van der Waals surface area contributed by atoms with Crippen LogP contribution in [0.3, 0.4) is 0 Å². The van der Waals surface area contributed by atoms with Gasteiger partial charge in [0.15, 0.2) is 5.65 Å². The molecule has 5 atom stereocenters. The van der Waals surface area contributed by atoms with Gasteiger partial charge >= 0.3 is 4.87 Å². The van der Waals surface area contributed by atoms with E-state index in [0.717, 1.165) is 40.7 Å². The molecule has 258 valence electrons.